The van der Waals surface area contributed by atoms with Crippen LogP contribution in [-0.2, 0) is 41.6 Å². The van der Waals surface area contributed by atoms with Gasteiger partial charge >= 0.3 is 0 Å². The SMILES string of the molecule is CC(C)C[C@H](NC(=O)C(CCc1ccccc1)CC(=O)CN(C)C)C(=O)C[C@@H](Cc1ccccc1)C(=O)N[C@@H](CC(C)C)C(=O)[C@@]1(C)CO1. The van der Waals surface area contributed by atoms with E-state index in [1.165, 1.54) is 0 Å². The van der Waals surface area contributed by atoms with E-state index >= 15 is 0 Å². The third-order valence-electron chi connectivity index (χ3n) is 8.96. The number of likely N-dealkylation sites (N-methyl/N-ethyl adjacent to an activating group) is 1. The minimum atomic E-state index is -0.894. The average Bonchev–Trinajstić information content (AvgIpc) is 3.79. The van der Waals surface area contributed by atoms with Crippen LogP contribution in [-0.4, -0.2) is 79.0 Å². The summed E-state index contributed by atoms with van der Waals surface area (Å²) in [5, 5.41) is 5.99. The fraction of sp³-hybridized carbons (Fsp3) is 0.575. The molecule has 1 saturated heterocycles. The van der Waals surface area contributed by atoms with E-state index in [1.807, 2.05) is 102 Å². The number of nitrogens with zero attached hydrogens (tertiary/aromatic N) is 1. The predicted molar refractivity (Wildman–Crippen MR) is 192 cm³/mol. The highest BCUT2D eigenvalue weighted by Crippen LogP contribution is 2.30. The van der Waals surface area contributed by atoms with Gasteiger partial charge in [0, 0.05) is 24.7 Å². The van der Waals surface area contributed by atoms with E-state index < -0.39 is 29.5 Å². The lowest BCUT2D eigenvalue weighted by Crippen LogP contribution is -2.50. The summed E-state index contributed by atoms with van der Waals surface area (Å²) in [7, 11) is 3.63. The quantitative estimate of drug-likeness (QED) is 0.169. The van der Waals surface area contributed by atoms with Crippen LogP contribution in [0.15, 0.2) is 60.7 Å². The number of hydrogen-bond acceptors (Lipinski definition) is 7. The molecule has 5 atom stereocenters. The van der Waals surface area contributed by atoms with E-state index in [9.17, 15) is 24.0 Å². The molecule has 49 heavy (non-hydrogen) atoms. The summed E-state index contributed by atoms with van der Waals surface area (Å²) >= 11 is 0. The summed E-state index contributed by atoms with van der Waals surface area (Å²) in [4.78, 5) is 69.9. The molecule has 2 N–H and O–H groups in total. The number of amides is 2. The van der Waals surface area contributed by atoms with Crippen molar-refractivity contribution >= 4 is 29.2 Å². The number of Topliss-reactive ketones (excluding diaryl/α,β-unsaturated/α-hetero) is 3. The van der Waals surface area contributed by atoms with Crippen molar-refractivity contribution in [1.29, 1.82) is 0 Å². The monoisotopic (exact) mass is 675 g/mol. The van der Waals surface area contributed by atoms with Crippen molar-refractivity contribution in [3.8, 4) is 0 Å². The molecule has 1 aliphatic rings. The van der Waals surface area contributed by atoms with Gasteiger partial charge < -0.3 is 20.3 Å². The van der Waals surface area contributed by atoms with Crippen LogP contribution < -0.4 is 10.6 Å². The first-order chi connectivity index (χ1) is 23.2. The Morgan fingerprint density at radius 3 is 1.80 bits per heavy atom. The highest BCUT2D eigenvalue weighted by atomic mass is 16.6. The molecule has 1 heterocycles. The molecule has 1 aliphatic heterocycles. The zero-order valence-corrected chi connectivity index (χ0v) is 30.5. The molecular formula is C40H57N3O6. The van der Waals surface area contributed by atoms with E-state index in [0.717, 1.165) is 11.1 Å². The number of carbonyl (C=O) groups is 5. The maximum absolute atomic E-state index is 14.1. The second-order valence-electron chi connectivity index (χ2n) is 15.0. The van der Waals surface area contributed by atoms with Crippen molar-refractivity contribution in [3.05, 3.63) is 71.8 Å². The second-order valence-corrected chi connectivity index (χ2v) is 15.0. The fourth-order valence-electron chi connectivity index (χ4n) is 6.19. The number of carbonyl (C=O) groups excluding carboxylic acids is 5. The van der Waals surface area contributed by atoms with Crippen LogP contribution in [0.4, 0.5) is 0 Å². The van der Waals surface area contributed by atoms with Crippen LogP contribution in [0.5, 0.6) is 0 Å². The smallest absolute Gasteiger partial charge is 0.224 e. The van der Waals surface area contributed by atoms with E-state index in [1.54, 1.807) is 11.8 Å². The zero-order valence-electron chi connectivity index (χ0n) is 30.5. The normalized spacial score (nSPS) is 18.1. The summed E-state index contributed by atoms with van der Waals surface area (Å²) < 4.78 is 5.41. The Labute approximate surface area is 292 Å². The molecule has 3 rings (SSSR count). The lowest BCUT2D eigenvalue weighted by atomic mass is 9.87. The number of benzene rings is 2. The largest absolute Gasteiger partial charge is 0.361 e. The Kier molecular flexibility index (Phi) is 15.3. The summed E-state index contributed by atoms with van der Waals surface area (Å²) in [5.41, 5.74) is 1.07. The number of aryl methyl sites for hydroxylation is 1. The van der Waals surface area contributed by atoms with Crippen molar-refractivity contribution in [1.82, 2.24) is 15.5 Å². The summed E-state index contributed by atoms with van der Waals surface area (Å²) in [6.45, 7) is 10.2. The predicted octanol–water partition coefficient (Wildman–Crippen LogP) is 4.99. The molecule has 0 saturated carbocycles. The first-order valence-corrected chi connectivity index (χ1v) is 17.7. The molecular weight excluding hydrogens is 618 g/mol. The van der Waals surface area contributed by atoms with Gasteiger partial charge in [-0.3, -0.25) is 24.0 Å². The molecule has 1 fully saturated rings. The lowest BCUT2D eigenvalue weighted by molar-refractivity contribution is -0.135. The minimum Gasteiger partial charge on any atom is -0.361 e. The number of hydrogen-bond donors (Lipinski definition) is 2. The van der Waals surface area contributed by atoms with Gasteiger partial charge in [-0.2, -0.15) is 0 Å². The summed E-state index contributed by atoms with van der Waals surface area (Å²) in [6.07, 6.45) is 2.20. The van der Waals surface area contributed by atoms with Gasteiger partial charge in [0.05, 0.1) is 25.2 Å². The van der Waals surface area contributed by atoms with E-state index in [4.69, 9.17) is 4.74 Å². The fourth-order valence-corrected chi connectivity index (χ4v) is 6.19. The second kappa shape index (κ2) is 18.9. The van der Waals surface area contributed by atoms with Gasteiger partial charge in [-0.1, -0.05) is 88.4 Å². The van der Waals surface area contributed by atoms with E-state index in [-0.39, 0.29) is 60.4 Å². The number of epoxide rings is 1. The standard InChI is InChI=1S/C40H57N3O6/c1-27(2)20-34(41-38(47)31(23-33(44)25-43(6)7)19-18-29-14-10-8-11-15-29)36(45)24-32(22-30-16-12-9-13-17-30)39(48)42-35(21-28(3)4)37(46)40(5)26-49-40/h8-17,27-28,31-32,34-35H,18-26H2,1-7H3,(H,41,47)(H,42,48)/t31?,32-,34+,35+,40-/m1/s1. The van der Waals surface area contributed by atoms with Crippen LogP contribution in [0.25, 0.3) is 0 Å². The Morgan fingerprint density at radius 2 is 1.27 bits per heavy atom. The molecule has 0 radical (unpaired) electrons. The maximum Gasteiger partial charge on any atom is 0.224 e. The average molecular weight is 676 g/mol. The van der Waals surface area contributed by atoms with Crippen LogP contribution in [0, 0.1) is 23.7 Å². The Balaban J connectivity index is 1.82. The molecule has 268 valence electrons. The first kappa shape index (κ1) is 39.7. The van der Waals surface area contributed by atoms with Gasteiger partial charge in [-0.05, 0) is 76.1 Å². The molecule has 0 bridgehead atoms. The van der Waals surface area contributed by atoms with Gasteiger partial charge in [-0.25, -0.2) is 0 Å². The molecule has 2 aromatic rings. The molecule has 2 amide bonds. The number of ether oxygens (including phenoxy) is 1. The highest BCUT2D eigenvalue weighted by molar-refractivity contribution is 5.98. The van der Waals surface area contributed by atoms with Gasteiger partial charge in [0.2, 0.25) is 11.8 Å². The van der Waals surface area contributed by atoms with E-state index in [2.05, 4.69) is 10.6 Å². The maximum atomic E-state index is 14.1. The number of ketones is 3. The van der Waals surface area contributed by atoms with Crippen molar-refractivity contribution in [2.24, 2.45) is 23.7 Å². The van der Waals surface area contributed by atoms with Gasteiger partial charge in [0.25, 0.3) is 0 Å². The molecule has 1 unspecified atom stereocenters. The number of rotatable bonds is 22. The van der Waals surface area contributed by atoms with Crippen LogP contribution >= 0.6 is 0 Å². The molecule has 9 nitrogen and oxygen atoms in total. The van der Waals surface area contributed by atoms with E-state index in [0.29, 0.717) is 38.7 Å². The van der Waals surface area contributed by atoms with Crippen molar-refractivity contribution < 1.29 is 28.7 Å². The topological polar surface area (TPSA) is 125 Å². The van der Waals surface area contributed by atoms with Gasteiger partial charge in [0.15, 0.2) is 11.6 Å². The molecule has 9 heteroatoms. The van der Waals surface area contributed by atoms with Crippen molar-refractivity contribution in [2.45, 2.75) is 97.2 Å². The molecule has 2 aromatic carbocycles. The van der Waals surface area contributed by atoms with Crippen molar-refractivity contribution in [3.63, 3.8) is 0 Å². The Hall–Kier alpha value is -3.69. The molecule has 0 aromatic heterocycles. The number of nitrogens with one attached hydrogen (secondary N) is 2. The zero-order chi connectivity index (χ0) is 36.1. The van der Waals surface area contributed by atoms with Crippen LogP contribution in [0.1, 0.15) is 77.8 Å². The Morgan fingerprint density at radius 1 is 0.755 bits per heavy atom. The highest BCUT2D eigenvalue weighted by Gasteiger charge is 2.50. The molecule has 0 aliphatic carbocycles. The van der Waals surface area contributed by atoms with Gasteiger partial charge in [0.1, 0.15) is 11.4 Å². The lowest BCUT2D eigenvalue weighted by Gasteiger charge is -2.27. The van der Waals surface area contributed by atoms with Crippen molar-refractivity contribution in [2.75, 3.05) is 27.2 Å². The minimum absolute atomic E-state index is 0.0412. The summed E-state index contributed by atoms with van der Waals surface area (Å²) in [6, 6.07) is 17.8. The van der Waals surface area contributed by atoms with Crippen LogP contribution in [0.2, 0.25) is 0 Å². The van der Waals surface area contributed by atoms with Gasteiger partial charge in [-0.15, -0.1) is 0 Å². The molecule has 0 spiro atoms. The summed E-state index contributed by atoms with van der Waals surface area (Å²) in [5.74, 6) is -2.27. The first-order valence-electron chi connectivity index (χ1n) is 17.7. The third kappa shape index (κ3) is 13.6. The third-order valence-corrected chi connectivity index (χ3v) is 8.96. The van der Waals surface area contributed by atoms with Crippen LogP contribution in [0.3, 0.4) is 0 Å². The Bertz CT molecular complexity index is 1390.